The number of hydrogen-bond acceptors (Lipinski definition) is 3. The molecule has 0 saturated carbocycles. The molecule has 7 heteroatoms. The highest BCUT2D eigenvalue weighted by Crippen LogP contribution is 2.40. The molecule has 0 bridgehead atoms. The van der Waals surface area contributed by atoms with Crippen molar-refractivity contribution in [2.75, 3.05) is 0 Å². The fourth-order valence-corrected chi connectivity index (χ4v) is 5.87. The van der Waals surface area contributed by atoms with E-state index in [2.05, 4.69) is 4.98 Å². The Balaban J connectivity index is 1.71. The highest BCUT2D eigenvalue weighted by Gasteiger charge is 2.33. The SMILES string of the molecule is CC(C)S(=O)(=O)c1cccc(-c2cccc(-c3c(Cc4ccccc4)cnc4c(C(F)(F)F)cccc34)c2)c1. The van der Waals surface area contributed by atoms with E-state index in [0.717, 1.165) is 28.3 Å². The molecule has 0 aliphatic carbocycles. The third-order valence-corrected chi connectivity index (χ3v) is 8.94. The van der Waals surface area contributed by atoms with Crippen LogP contribution in [0.3, 0.4) is 0 Å². The Morgan fingerprint density at radius 3 is 2.10 bits per heavy atom. The first-order valence-corrected chi connectivity index (χ1v) is 14.1. The van der Waals surface area contributed by atoms with Gasteiger partial charge in [-0.25, -0.2) is 8.42 Å². The van der Waals surface area contributed by atoms with Gasteiger partial charge in [-0.2, -0.15) is 13.2 Å². The Kier molecular flexibility index (Phi) is 7.03. The first-order chi connectivity index (χ1) is 18.6. The van der Waals surface area contributed by atoms with Crippen LogP contribution in [0.1, 0.15) is 30.5 Å². The molecule has 0 fully saturated rings. The first kappa shape index (κ1) is 26.6. The number of rotatable bonds is 6. The van der Waals surface area contributed by atoms with Gasteiger partial charge in [0.1, 0.15) is 0 Å². The molecule has 39 heavy (non-hydrogen) atoms. The number of hydrogen-bond donors (Lipinski definition) is 0. The van der Waals surface area contributed by atoms with Crippen molar-refractivity contribution in [1.82, 2.24) is 4.98 Å². The number of halogens is 3. The molecule has 4 aromatic carbocycles. The second kappa shape index (κ2) is 10.3. The third-order valence-electron chi connectivity index (χ3n) is 6.79. The van der Waals surface area contributed by atoms with Gasteiger partial charge in [-0.3, -0.25) is 4.98 Å². The van der Waals surface area contributed by atoms with Crippen molar-refractivity contribution in [3.63, 3.8) is 0 Å². The van der Waals surface area contributed by atoms with E-state index in [1.54, 1.807) is 38.1 Å². The molecule has 0 N–H and O–H groups in total. The van der Waals surface area contributed by atoms with Crippen molar-refractivity contribution in [3.05, 3.63) is 120 Å². The summed E-state index contributed by atoms with van der Waals surface area (Å²) in [7, 11) is -3.47. The summed E-state index contributed by atoms with van der Waals surface area (Å²) in [4.78, 5) is 4.51. The molecule has 0 unspecified atom stereocenters. The molecular weight excluding hydrogens is 519 g/mol. The highest BCUT2D eigenvalue weighted by atomic mass is 32.2. The predicted molar refractivity (Wildman–Crippen MR) is 149 cm³/mol. The number of sulfone groups is 1. The molecule has 198 valence electrons. The van der Waals surface area contributed by atoms with Crippen molar-refractivity contribution >= 4 is 20.7 Å². The summed E-state index contributed by atoms with van der Waals surface area (Å²) in [5, 5.41) is -0.155. The lowest BCUT2D eigenvalue weighted by Crippen LogP contribution is -2.13. The van der Waals surface area contributed by atoms with Crippen LogP contribution >= 0.6 is 0 Å². The van der Waals surface area contributed by atoms with Gasteiger partial charge in [0.15, 0.2) is 9.84 Å². The number of fused-ring (bicyclic) bond motifs is 1. The molecule has 0 saturated heterocycles. The highest BCUT2D eigenvalue weighted by molar-refractivity contribution is 7.92. The van der Waals surface area contributed by atoms with Crippen LogP contribution in [0, 0.1) is 0 Å². The van der Waals surface area contributed by atoms with Gasteiger partial charge in [-0.1, -0.05) is 72.8 Å². The topological polar surface area (TPSA) is 47.0 Å². The van der Waals surface area contributed by atoms with E-state index in [4.69, 9.17) is 0 Å². The lowest BCUT2D eigenvalue weighted by atomic mass is 9.90. The Bertz CT molecular complexity index is 1760. The van der Waals surface area contributed by atoms with Crippen LogP contribution in [0.15, 0.2) is 108 Å². The molecule has 0 aliphatic heterocycles. The lowest BCUT2D eigenvalue weighted by molar-refractivity contribution is -0.136. The van der Waals surface area contributed by atoms with Crippen molar-refractivity contribution in [1.29, 1.82) is 0 Å². The number of benzene rings is 4. The second-order valence-corrected chi connectivity index (χ2v) is 12.2. The summed E-state index contributed by atoms with van der Waals surface area (Å²) in [5.74, 6) is 0. The fourth-order valence-electron chi connectivity index (χ4n) is 4.76. The normalized spacial score (nSPS) is 12.3. The van der Waals surface area contributed by atoms with Gasteiger partial charge < -0.3 is 0 Å². The number of alkyl halides is 3. The van der Waals surface area contributed by atoms with Crippen LogP contribution in [0.4, 0.5) is 13.2 Å². The van der Waals surface area contributed by atoms with Crippen molar-refractivity contribution in [2.45, 2.75) is 36.6 Å². The minimum Gasteiger partial charge on any atom is -0.255 e. The average Bonchev–Trinajstić information content (AvgIpc) is 2.92. The quantitative estimate of drug-likeness (QED) is 0.215. The maximum Gasteiger partial charge on any atom is 0.418 e. The summed E-state index contributed by atoms with van der Waals surface area (Å²) in [6.45, 7) is 3.28. The lowest BCUT2D eigenvalue weighted by Gasteiger charge is -2.17. The fraction of sp³-hybridized carbons (Fsp3) is 0.156. The van der Waals surface area contributed by atoms with Gasteiger partial charge in [0.25, 0.3) is 0 Å². The number of aromatic nitrogens is 1. The van der Waals surface area contributed by atoms with Crippen LogP contribution in [0.5, 0.6) is 0 Å². The minimum absolute atomic E-state index is 0.104. The van der Waals surface area contributed by atoms with Crippen LogP contribution in [-0.2, 0) is 22.4 Å². The van der Waals surface area contributed by atoms with E-state index in [-0.39, 0.29) is 10.4 Å². The smallest absolute Gasteiger partial charge is 0.255 e. The van der Waals surface area contributed by atoms with Gasteiger partial charge in [0, 0.05) is 11.6 Å². The standard InChI is InChI=1S/C32H26F3NO2S/c1-21(2)39(37,38)27-14-7-12-24(19-27)23-11-6-13-25(18-23)30-26(17-22-9-4-3-5-10-22)20-36-31-28(30)15-8-16-29(31)32(33,34)35/h3-16,18-21H,17H2,1-2H3. The Morgan fingerprint density at radius 2 is 1.41 bits per heavy atom. The van der Waals surface area contributed by atoms with E-state index in [1.165, 1.54) is 12.3 Å². The van der Waals surface area contributed by atoms with E-state index in [1.807, 2.05) is 60.7 Å². The van der Waals surface area contributed by atoms with Crippen LogP contribution in [0.2, 0.25) is 0 Å². The van der Waals surface area contributed by atoms with E-state index in [9.17, 15) is 21.6 Å². The maximum absolute atomic E-state index is 13.9. The van der Waals surface area contributed by atoms with Crippen LogP contribution in [0.25, 0.3) is 33.2 Å². The van der Waals surface area contributed by atoms with E-state index >= 15 is 0 Å². The molecule has 1 aromatic heterocycles. The number of para-hydroxylation sites is 1. The first-order valence-electron chi connectivity index (χ1n) is 12.5. The van der Waals surface area contributed by atoms with Gasteiger partial charge in [-0.05, 0) is 77.9 Å². The van der Waals surface area contributed by atoms with Crippen molar-refractivity contribution in [3.8, 4) is 22.3 Å². The zero-order chi connectivity index (χ0) is 27.8. The van der Waals surface area contributed by atoms with E-state index < -0.39 is 26.8 Å². The third kappa shape index (κ3) is 5.32. The molecule has 0 radical (unpaired) electrons. The van der Waals surface area contributed by atoms with Gasteiger partial charge in [-0.15, -0.1) is 0 Å². The predicted octanol–water partition coefficient (Wildman–Crippen LogP) is 8.36. The molecule has 5 rings (SSSR count). The maximum atomic E-state index is 13.9. The largest absolute Gasteiger partial charge is 0.418 e. The van der Waals surface area contributed by atoms with Crippen molar-refractivity contribution in [2.24, 2.45) is 0 Å². The molecule has 3 nitrogen and oxygen atoms in total. The van der Waals surface area contributed by atoms with Crippen LogP contribution < -0.4 is 0 Å². The molecule has 5 aromatic rings. The number of nitrogens with zero attached hydrogens (tertiary/aromatic N) is 1. The van der Waals surface area contributed by atoms with Gasteiger partial charge >= 0.3 is 6.18 Å². The van der Waals surface area contributed by atoms with Gasteiger partial charge in [0.05, 0.1) is 21.2 Å². The molecule has 1 heterocycles. The summed E-state index contributed by atoms with van der Waals surface area (Å²) < 4.78 is 67.2. The molecule has 0 amide bonds. The summed E-state index contributed by atoms with van der Waals surface area (Å²) >= 11 is 0. The van der Waals surface area contributed by atoms with Gasteiger partial charge in [0.2, 0.25) is 0 Å². The zero-order valence-corrected chi connectivity index (χ0v) is 22.2. The summed E-state index contributed by atoms with van der Waals surface area (Å²) in [6, 6.07) is 28.0. The van der Waals surface area contributed by atoms with Crippen molar-refractivity contribution < 1.29 is 21.6 Å². The summed E-state index contributed by atoms with van der Waals surface area (Å²) in [5.41, 5.74) is 3.77. The number of pyridine rings is 1. The Labute approximate surface area is 225 Å². The second-order valence-electron chi connectivity index (χ2n) is 9.72. The Hall–Kier alpha value is -3.97. The van der Waals surface area contributed by atoms with E-state index in [0.29, 0.717) is 22.9 Å². The Morgan fingerprint density at radius 1 is 0.769 bits per heavy atom. The zero-order valence-electron chi connectivity index (χ0n) is 21.4. The van der Waals surface area contributed by atoms with Crippen LogP contribution in [-0.4, -0.2) is 18.7 Å². The molecule has 0 atom stereocenters. The molecule has 0 spiro atoms. The minimum atomic E-state index is -4.55. The molecular formula is C32H26F3NO2S. The summed E-state index contributed by atoms with van der Waals surface area (Å²) in [6.07, 6.45) is -2.53. The monoisotopic (exact) mass is 545 g/mol. The molecule has 0 aliphatic rings. The average molecular weight is 546 g/mol.